The van der Waals surface area contributed by atoms with Crippen molar-refractivity contribution in [2.75, 3.05) is 37.7 Å². The van der Waals surface area contributed by atoms with Crippen LogP contribution in [-0.4, -0.2) is 56.5 Å². The largest absolute Gasteiger partial charge is 0.493 e. The summed E-state index contributed by atoms with van der Waals surface area (Å²) in [5.41, 5.74) is 1.88. The second-order valence-electron chi connectivity index (χ2n) is 9.00. The van der Waals surface area contributed by atoms with Gasteiger partial charge < -0.3 is 19.3 Å². The average Bonchev–Trinajstić information content (AvgIpc) is 3.38. The van der Waals surface area contributed by atoms with Crippen molar-refractivity contribution >= 4 is 16.0 Å². The monoisotopic (exact) mass is 500 g/mol. The highest BCUT2D eigenvalue weighted by Gasteiger charge is 2.24. The molecule has 1 aliphatic rings. The molecular formula is C25H32N4O5S. The summed E-state index contributed by atoms with van der Waals surface area (Å²) in [5, 5.41) is 12.9. The molecule has 1 saturated heterocycles. The number of nitrogens with one attached hydrogen (secondary N) is 1. The Bertz CT molecular complexity index is 1190. The molecule has 0 aliphatic carbocycles. The molecular weight excluding hydrogens is 468 g/mol. The highest BCUT2D eigenvalue weighted by atomic mass is 32.2. The molecule has 35 heavy (non-hydrogen) atoms. The molecule has 0 unspecified atom stereocenters. The minimum Gasteiger partial charge on any atom is -0.493 e. The maximum atomic E-state index is 12.1. The third-order valence-corrected chi connectivity index (χ3v) is 7.55. The molecule has 9 nitrogen and oxygen atoms in total. The van der Waals surface area contributed by atoms with Gasteiger partial charge >= 0.3 is 6.01 Å². The molecule has 0 bridgehead atoms. The van der Waals surface area contributed by atoms with Gasteiger partial charge in [-0.1, -0.05) is 43.3 Å². The molecule has 4 rings (SSSR count). The van der Waals surface area contributed by atoms with Crippen LogP contribution in [0, 0.1) is 5.92 Å². The van der Waals surface area contributed by atoms with Crippen LogP contribution in [0.25, 0.3) is 11.1 Å². The number of hydrogen-bond acceptors (Lipinski definition) is 8. The number of benzene rings is 2. The van der Waals surface area contributed by atoms with Gasteiger partial charge in [0.2, 0.25) is 10.0 Å². The van der Waals surface area contributed by atoms with E-state index in [1.807, 2.05) is 38.1 Å². The predicted octanol–water partition coefficient (Wildman–Crippen LogP) is 3.43. The van der Waals surface area contributed by atoms with E-state index in [2.05, 4.69) is 19.8 Å². The summed E-state index contributed by atoms with van der Waals surface area (Å²) < 4.78 is 38.1. The summed E-state index contributed by atoms with van der Waals surface area (Å²) in [6, 6.07) is 15.1. The van der Waals surface area contributed by atoms with Crippen LogP contribution in [0.5, 0.6) is 5.75 Å². The van der Waals surface area contributed by atoms with E-state index in [4.69, 9.17) is 14.4 Å². The molecule has 2 N–H and O–H groups in total. The molecule has 3 aromatic rings. The van der Waals surface area contributed by atoms with Crippen LogP contribution < -0.4 is 14.4 Å². The molecule has 1 aliphatic heterocycles. The topological polar surface area (TPSA) is 118 Å². The van der Waals surface area contributed by atoms with Gasteiger partial charge in [-0.3, -0.25) is 0 Å². The molecule has 2 aromatic carbocycles. The number of ether oxygens (including phenoxy) is 1. The first-order chi connectivity index (χ1) is 16.9. The van der Waals surface area contributed by atoms with Crippen molar-refractivity contribution < 1.29 is 22.8 Å². The first kappa shape index (κ1) is 25.2. The Morgan fingerprint density at radius 1 is 1.09 bits per heavy atom. The normalized spacial score (nSPS) is 15.0. The number of piperidine rings is 1. The van der Waals surface area contributed by atoms with Gasteiger partial charge in [-0.2, -0.15) is 4.98 Å². The summed E-state index contributed by atoms with van der Waals surface area (Å²) in [6.45, 7) is 6.23. The number of aliphatic hydroxyl groups is 1. The summed E-state index contributed by atoms with van der Waals surface area (Å²) in [6.07, 6.45) is 2.00. The highest BCUT2D eigenvalue weighted by Crippen LogP contribution is 2.26. The fourth-order valence-electron chi connectivity index (χ4n) is 3.93. The zero-order valence-electron chi connectivity index (χ0n) is 20.1. The second kappa shape index (κ2) is 11.2. The minimum atomic E-state index is -3.61. The summed E-state index contributed by atoms with van der Waals surface area (Å²) in [5.74, 6) is 2.26. The van der Waals surface area contributed by atoms with Crippen molar-refractivity contribution in [2.24, 2.45) is 5.92 Å². The van der Waals surface area contributed by atoms with Crippen LogP contribution >= 0.6 is 0 Å². The van der Waals surface area contributed by atoms with E-state index < -0.39 is 10.0 Å². The standard InChI is InChI=1S/C25H32N4O5S/c1-18(2)24-27-25(34-28-24)29-14-11-19(12-15-29)17-33-22-7-3-20(4-8-22)21-5-9-23(10-6-21)35(31,32)26-13-16-30/h3-10,18-19,26,30H,11-17H2,1-2H3. The van der Waals surface area contributed by atoms with Gasteiger partial charge in [0.15, 0.2) is 5.82 Å². The van der Waals surface area contributed by atoms with Crippen LogP contribution in [-0.2, 0) is 10.0 Å². The van der Waals surface area contributed by atoms with Crippen LogP contribution in [0.4, 0.5) is 6.01 Å². The van der Waals surface area contributed by atoms with E-state index >= 15 is 0 Å². The van der Waals surface area contributed by atoms with Gasteiger partial charge in [0.05, 0.1) is 18.1 Å². The zero-order valence-corrected chi connectivity index (χ0v) is 20.9. The lowest BCUT2D eigenvalue weighted by Crippen LogP contribution is -2.35. The van der Waals surface area contributed by atoms with Crippen molar-refractivity contribution in [1.82, 2.24) is 14.9 Å². The third kappa shape index (κ3) is 6.39. The van der Waals surface area contributed by atoms with Crippen molar-refractivity contribution in [3.8, 4) is 16.9 Å². The van der Waals surface area contributed by atoms with Gasteiger partial charge in [0, 0.05) is 25.6 Å². The number of rotatable bonds is 10. The number of anilines is 1. The fourth-order valence-corrected chi connectivity index (χ4v) is 4.95. The lowest BCUT2D eigenvalue weighted by Gasteiger charge is -2.30. The van der Waals surface area contributed by atoms with E-state index in [0.29, 0.717) is 18.5 Å². The Kier molecular flexibility index (Phi) is 8.04. The Labute approximate surface area is 206 Å². The smallest absolute Gasteiger partial charge is 0.324 e. The minimum absolute atomic E-state index is 0.0114. The van der Waals surface area contributed by atoms with Gasteiger partial charge in [0.25, 0.3) is 0 Å². The Balaban J connectivity index is 1.27. The van der Waals surface area contributed by atoms with E-state index in [0.717, 1.165) is 48.6 Å². The SMILES string of the molecule is CC(C)c1noc(N2CCC(COc3ccc(-c4ccc(S(=O)(=O)NCCO)cc4)cc3)CC2)n1. The van der Waals surface area contributed by atoms with Crippen molar-refractivity contribution in [1.29, 1.82) is 0 Å². The van der Waals surface area contributed by atoms with Crippen molar-refractivity contribution in [2.45, 2.75) is 37.5 Å². The van der Waals surface area contributed by atoms with Gasteiger partial charge in [-0.05, 0) is 54.2 Å². The first-order valence-electron chi connectivity index (χ1n) is 11.9. The van der Waals surface area contributed by atoms with Crippen molar-refractivity contribution in [3.05, 3.63) is 54.4 Å². The van der Waals surface area contributed by atoms with Crippen LogP contribution in [0.3, 0.4) is 0 Å². The molecule has 2 heterocycles. The van der Waals surface area contributed by atoms with E-state index in [1.54, 1.807) is 24.3 Å². The maximum Gasteiger partial charge on any atom is 0.324 e. The van der Waals surface area contributed by atoms with E-state index in [-0.39, 0.29) is 24.0 Å². The molecule has 0 atom stereocenters. The first-order valence-corrected chi connectivity index (χ1v) is 13.4. The van der Waals surface area contributed by atoms with Gasteiger partial charge in [-0.25, -0.2) is 13.1 Å². The van der Waals surface area contributed by atoms with E-state index in [9.17, 15) is 8.42 Å². The lowest BCUT2D eigenvalue weighted by atomic mass is 9.98. The zero-order chi connectivity index (χ0) is 24.8. The Morgan fingerprint density at radius 3 is 2.29 bits per heavy atom. The predicted molar refractivity (Wildman–Crippen MR) is 133 cm³/mol. The number of nitrogens with zero attached hydrogens (tertiary/aromatic N) is 3. The second-order valence-corrected chi connectivity index (χ2v) is 10.8. The molecule has 188 valence electrons. The fraction of sp³-hybridized carbons (Fsp3) is 0.440. The third-order valence-electron chi connectivity index (χ3n) is 6.07. The van der Waals surface area contributed by atoms with Crippen LogP contribution in [0.2, 0.25) is 0 Å². The molecule has 1 fully saturated rings. The lowest BCUT2D eigenvalue weighted by molar-refractivity contribution is 0.220. The number of aromatic nitrogens is 2. The summed E-state index contributed by atoms with van der Waals surface area (Å²) in [4.78, 5) is 6.80. The van der Waals surface area contributed by atoms with Gasteiger partial charge in [-0.15, -0.1) is 0 Å². The number of hydrogen-bond donors (Lipinski definition) is 2. The average molecular weight is 501 g/mol. The number of sulfonamides is 1. The van der Waals surface area contributed by atoms with Crippen LogP contribution in [0.15, 0.2) is 57.9 Å². The quantitative estimate of drug-likeness (QED) is 0.435. The molecule has 0 amide bonds. The molecule has 0 saturated carbocycles. The molecule has 10 heteroatoms. The molecule has 0 spiro atoms. The van der Waals surface area contributed by atoms with E-state index in [1.165, 1.54) is 0 Å². The molecule has 0 radical (unpaired) electrons. The highest BCUT2D eigenvalue weighted by molar-refractivity contribution is 7.89. The Morgan fingerprint density at radius 2 is 1.71 bits per heavy atom. The summed E-state index contributed by atoms with van der Waals surface area (Å²) >= 11 is 0. The number of aliphatic hydroxyl groups excluding tert-OH is 1. The molecule has 1 aromatic heterocycles. The maximum absolute atomic E-state index is 12.1. The van der Waals surface area contributed by atoms with Gasteiger partial charge in [0.1, 0.15) is 5.75 Å². The Hall–Kier alpha value is -2.95. The summed E-state index contributed by atoms with van der Waals surface area (Å²) in [7, 11) is -3.61. The van der Waals surface area contributed by atoms with Crippen molar-refractivity contribution in [3.63, 3.8) is 0 Å². The van der Waals surface area contributed by atoms with Crippen LogP contribution in [0.1, 0.15) is 38.4 Å².